The van der Waals surface area contributed by atoms with E-state index in [0.717, 1.165) is 40.0 Å². The molecule has 0 saturated heterocycles. The van der Waals surface area contributed by atoms with Gasteiger partial charge in [0.05, 0.1) is 15.8 Å². The van der Waals surface area contributed by atoms with Crippen molar-refractivity contribution in [3.05, 3.63) is 57.6 Å². The number of carbonyl (C=O) groups is 2. The Morgan fingerprint density at radius 3 is 2.73 bits per heavy atom. The summed E-state index contributed by atoms with van der Waals surface area (Å²) in [4.78, 5) is 27.1. The molecule has 0 fully saturated rings. The van der Waals surface area contributed by atoms with E-state index in [2.05, 4.69) is 17.6 Å². The average Bonchev–Trinajstić information content (AvgIpc) is 3.14. The van der Waals surface area contributed by atoms with Gasteiger partial charge in [-0.1, -0.05) is 12.1 Å². The lowest BCUT2D eigenvalue weighted by Crippen LogP contribution is -2.34. The maximum absolute atomic E-state index is 12.7. The van der Waals surface area contributed by atoms with Crippen LogP contribution in [0.1, 0.15) is 36.9 Å². The fourth-order valence-electron chi connectivity index (χ4n) is 3.53. The largest absolute Gasteiger partial charge is 0.341 e. The van der Waals surface area contributed by atoms with E-state index < -0.39 is 5.91 Å². The van der Waals surface area contributed by atoms with Gasteiger partial charge in [0.2, 0.25) is 0 Å². The number of fused-ring (bicyclic) bond motifs is 3. The Kier molecular flexibility index (Phi) is 4.05. The van der Waals surface area contributed by atoms with Crippen LogP contribution in [0.2, 0.25) is 0 Å². The first-order valence-electron chi connectivity index (χ1n) is 8.40. The number of nitrogens with zero attached hydrogens (tertiary/aromatic N) is 2. The van der Waals surface area contributed by atoms with E-state index >= 15 is 0 Å². The van der Waals surface area contributed by atoms with Crippen LogP contribution < -0.4 is 5.48 Å². The lowest BCUT2D eigenvalue weighted by molar-refractivity contribution is 0.0706. The molecule has 0 bridgehead atoms. The van der Waals surface area contributed by atoms with Crippen molar-refractivity contribution >= 4 is 33.4 Å². The molecule has 2 N–H and O–H groups in total. The second kappa shape index (κ2) is 6.26. The first-order valence-corrected chi connectivity index (χ1v) is 9.21. The third-order valence-electron chi connectivity index (χ3n) is 4.87. The molecule has 0 radical (unpaired) electrons. The number of benzene rings is 1. The third-order valence-corrected chi connectivity index (χ3v) is 5.93. The van der Waals surface area contributed by atoms with E-state index in [4.69, 9.17) is 5.21 Å². The second-order valence-electron chi connectivity index (χ2n) is 6.59. The first-order chi connectivity index (χ1) is 12.5. The predicted molar refractivity (Wildman–Crippen MR) is 100 cm³/mol. The van der Waals surface area contributed by atoms with Gasteiger partial charge in [0.1, 0.15) is 0 Å². The summed E-state index contributed by atoms with van der Waals surface area (Å²) >= 11 is 1.66. The van der Waals surface area contributed by atoms with Gasteiger partial charge in [-0.05, 0) is 30.7 Å². The van der Waals surface area contributed by atoms with Crippen molar-refractivity contribution in [2.24, 2.45) is 0 Å². The lowest BCUT2D eigenvalue weighted by atomic mass is 10.1. The van der Waals surface area contributed by atoms with E-state index in [-0.39, 0.29) is 5.91 Å². The van der Waals surface area contributed by atoms with Crippen LogP contribution in [0.25, 0.3) is 10.2 Å². The maximum atomic E-state index is 12.7. The number of thiophene rings is 1. The molecule has 0 atom stereocenters. The molecule has 3 heterocycles. The third kappa shape index (κ3) is 2.60. The number of hydrogen-bond donors (Lipinski definition) is 2. The molecule has 134 valence electrons. The Balaban J connectivity index is 1.77. The Bertz CT molecular complexity index is 1020. The quantitative estimate of drug-likeness (QED) is 0.551. The molecule has 0 saturated carbocycles. The van der Waals surface area contributed by atoms with Crippen molar-refractivity contribution in [1.82, 2.24) is 14.9 Å². The van der Waals surface area contributed by atoms with Crippen LogP contribution in [0.3, 0.4) is 0 Å². The van der Waals surface area contributed by atoms with Crippen molar-refractivity contribution in [3.63, 3.8) is 0 Å². The monoisotopic (exact) mass is 369 g/mol. The van der Waals surface area contributed by atoms with Gasteiger partial charge in [-0.3, -0.25) is 14.8 Å². The fraction of sp³-hybridized carbons (Fsp3) is 0.263. The normalized spacial score (nSPS) is 14.0. The molecule has 0 unspecified atom stereocenters. The molecule has 4 rings (SSSR count). The minimum atomic E-state index is -0.528. The molecule has 26 heavy (non-hydrogen) atoms. The van der Waals surface area contributed by atoms with Crippen LogP contribution in [-0.2, 0) is 13.0 Å². The van der Waals surface area contributed by atoms with Crippen molar-refractivity contribution in [2.75, 3.05) is 13.6 Å². The Morgan fingerprint density at radius 2 is 2.04 bits per heavy atom. The summed E-state index contributed by atoms with van der Waals surface area (Å²) in [5.74, 6) is -0.439. The summed E-state index contributed by atoms with van der Waals surface area (Å²) in [6.45, 7) is 3.42. The summed E-state index contributed by atoms with van der Waals surface area (Å²) in [5, 5.41) is 8.73. The molecule has 6 nitrogen and oxygen atoms in total. The minimum Gasteiger partial charge on any atom is -0.341 e. The Morgan fingerprint density at radius 1 is 1.31 bits per heavy atom. The number of amides is 2. The highest BCUT2D eigenvalue weighted by atomic mass is 32.1. The second-order valence-corrected chi connectivity index (χ2v) is 7.85. The summed E-state index contributed by atoms with van der Waals surface area (Å²) in [6.07, 6.45) is 0.836. The standard InChI is InChI=1S/C19H19N3O3S/c1-11-9-15-17(26-11)16-14(7-8-21(2)19(16)24)22(15)10-12-3-5-13(6-4-12)18(23)20-25/h3-6,9,25H,7-8,10H2,1-2H3,(H,20,23). The number of hydrogen-bond acceptors (Lipinski definition) is 4. The number of hydroxylamine groups is 1. The van der Waals surface area contributed by atoms with Crippen LogP contribution in [-0.4, -0.2) is 40.1 Å². The zero-order chi connectivity index (χ0) is 18.4. The van der Waals surface area contributed by atoms with Crippen LogP contribution >= 0.6 is 11.3 Å². The van der Waals surface area contributed by atoms with Gasteiger partial charge >= 0.3 is 0 Å². The summed E-state index contributed by atoms with van der Waals surface area (Å²) < 4.78 is 3.28. The molecule has 0 aliphatic carbocycles. The molecular weight excluding hydrogens is 350 g/mol. The SMILES string of the molecule is Cc1cc2c(s1)c1c(n2Cc2ccc(C(=O)NO)cc2)CCN(C)C1=O. The highest BCUT2D eigenvalue weighted by Gasteiger charge is 2.30. The van der Waals surface area contributed by atoms with E-state index in [0.29, 0.717) is 12.1 Å². The van der Waals surface area contributed by atoms with Gasteiger partial charge in [-0.25, -0.2) is 5.48 Å². The topological polar surface area (TPSA) is 74.6 Å². The van der Waals surface area contributed by atoms with E-state index in [9.17, 15) is 9.59 Å². The molecule has 1 aromatic carbocycles. The molecule has 7 heteroatoms. The Labute approximate surface area is 154 Å². The highest BCUT2D eigenvalue weighted by Crippen LogP contribution is 2.36. The summed E-state index contributed by atoms with van der Waals surface area (Å²) in [7, 11) is 1.85. The average molecular weight is 369 g/mol. The fourth-order valence-corrected chi connectivity index (χ4v) is 4.60. The molecule has 2 amide bonds. The van der Waals surface area contributed by atoms with Gasteiger partial charge in [-0.2, -0.15) is 0 Å². The molecule has 1 aliphatic rings. The van der Waals surface area contributed by atoms with Gasteiger partial charge in [0, 0.05) is 42.7 Å². The molecule has 0 spiro atoms. The zero-order valence-corrected chi connectivity index (χ0v) is 15.4. The number of rotatable bonds is 3. The van der Waals surface area contributed by atoms with Crippen molar-refractivity contribution in [1.29, 1.82) is 0 Å². The van der Waals surface area contributed by atoms with Crippen LogP contribution in [0, 0.1) is 6.92 Å². The molecular formula is C19H19N3O3S. The van der Waals surface area contributed by atoms with Gasteiger partial charge in [-0.15, -0.1) is 11.3 Å². The number of aromatic nitrogens is 1. The maximum Gasteiger partial charge on any atom is 0.274 e. The van der Waals surface area contributed by atoms with Crippen molar-refractivity contribution in [2.45, 2.75) is 19.9 Å². The lowest BCUT2D eigenvalue weighted by Gasteiger charge is -2.24. The van der Waals surface area contributed by atoms with Crippen LogP contribution in [0.15, 0.2) is 30.3 Å². The van der Waals surface area contributed by atoms with Gasteiger partial charge in [0.25, 0.3) is 11.8 Å². The molecule has 2 aromatic heterocycles. The van der Waals surface area contributed by atoms with Crippen molar-refractivity contribution < 1.29 is 14.8 Å². The number of likely N-dealkylation sites (N-methyl/N-ethyl adjacent to an activating group) is 1. The first kappa shape index (κ1) is 16.8. The van der Waals surface area contributed by atoms with E-state index in [1.165, 1.54) is 4.88 Å². The molecule has 1 aliphatic heterocycles. The van der Waals surface area contributed by atoms with E-state index in [1.807, 2.05) is 19.2 Å². The number of carbonyl (C=O) groups excluding carboxylic acids is 2. The van der Waals surface area contributed by atoms with Crippen LogP contribution in [0.4, 0.5) is 0 Å². The summed E-state index contributed by atoms with van der Waals surface area (Å²) in [5.41, 5.74) is 6.10. The molecule has 3 aromatic rings. The van der Waals surface area contributed by atoms with Gasteiger partial charge in [0.15, 0.2) is 0 Å². The minimum absolute atomic E-state index is 0.0896. The summed E-state index contributed by atoms with van der Waals surface area (Å²) in [6, 6.07) is 9.26. The Hall–Kier alpha value is -2.64. The van der Waals surface area contributed by atoms with Crippen molar-refractivity contribution in [3.8, 4) is 0 Å². The highest BCUT2D eigenvalue weighted by molar-refractivity contribution is 7.19. The smallest absolute Gasteiger partial charge is 0.274 e. The number of nitrogens with one attached hydrogen (secondary N) is 1. The zero-order valence-electron chi connectivity index (χ0n) is 14.6. The predicted octanol–water partition coefficient (Wildman–Crippen LogP) is 2.81. The van der Waals surface area contributed by atoms with Crippen LogP contribution in [0.5, 0.6) is 0 Å². The van der Waals surface area contributed by atoms with E-state index in [1.54, 1.807) is 33.8 Å². The number of aryl methyl sites for hydroxylation is 1. The van der Waals surface area contributed by atoms with Gasteiger partial charge < -0.3 is 9.47 Å².